The number of nitrogens with zero attached hydrogens (tertiary/aromatic N) is 1. The van der Waals surface area contributed by atoms with E-state index in [1.165, 1.54) is 0 Å². The van der Waals surface area contributed by atoms with E-state index in [0.717, 1.165) is 12.8 Å². The first-order chi connectivity index (χ1) is 7.44. The number of hydrogen-bond acceptors (Lipinski definition) is 3. The van der Waals surface area contributed by atoms with Crippen molar-refractivity contribution in [2.45, 2.75) is 38.3 Å². The molecule has 1 atom stereocenters. The average Bonchev–Trinajstić information content (AvgIpc) is 2.75. The van der Waals surface area contributed by atoms with Crippen molar-refractivity contribution in [1.82, 2.24) is 15.5 Å². The fourth-order valence-electron chi connectivity index (χ4n) is 1.91. The zero-order valence-electron chi connectivity index (χ0n) is 10.5. The lowest BCUT2D eigenvalue weighted by Gasteiger charge is -2.32. The van der Waals surface area contributed by atoms with Gasteiger partial charge in [-0.05, 0) is 33.7 Å². The zero-order valence-corrected chi connectivity index (χ0v) is 10.5. The second kappa shape index (κ2) is 4.82. The van der Waals surface area contributed by atoms with Gasteiger partial charge in [0.2, 0.25) is 11.8 Å². The molecule has 1 fully saturated rings. The number of carbonyl (C=O) groups excluding carboxylic acids is 2. The SMILES string of the molecule is CNC(=O)C1CCCN1C(=O)C(C)(C)NC. The van der Waals surface area contributed by atoms with Gasteiger partial charge in [0.25, 0.3) is 0 Å². The molecule has 0 saturated carbocycles. The van der Waals surface area contributed by atoms with Crippen LogP contribution in [0.3, 0.4) is 0 Å². The second-order valence-electron chi connectivity index (χ2n) is 4.65. The van der Waals surface area contributed by atoms with E-state index in [-0.39, 0.29) is 17.9 Å². The molecule has 1 heterocycles. The minimum atomic E-state index is -0.614. The third kappa shape index (κ3) is 2.35. The first-order valence-corrected chi connectivity index (χ1v) is 5.65. The molecule has 92 valence electrons. The molecule has 1 aliphatic heterocycles. The first-order valence-electron chi connectivity index (χ1n) is 5.65. The highest BCUT2D eigenvalue weighted by molar-refractivity contribution is 5.92. The van der Waals surface area contributed by atoms with Crippen LogP contribution in [0.2, 0.25) is 0 Å². The largest absolute Gasteiger partial charge is 0.357 e. The van der Waals surface area contributed by atoms with Crippen LogP contribution in [0.1, 0.15) is 26.7 Å². The third-order valence-electron chi connectivity index (χ3n) is 3.22. The molecular weight excluding hydrogens is 206 g/mol. The van der Waals surface area contributed by atoms with Crippen LogP contribution in [-0.2, 0) is 9.59 Å². The standard InChI is InChI=1S/C11H21N3O2/c1-11(2,13-4)10(16)14-7-5-6-8(14)9(15)12-3/h8,13H,5-7H2,1-4H3,(H,12,15). The van der Waals surface area contributed by atoms with E-state index in [9.17, 15) is 9.59 Å². The molecule has 16 heavy (non-hydrogen) atoms. The highest BCUT2D eigenvalue weighted by Crippen LogP contribution is 2.21. The van der Waals surface area contributed by atoms with Crippen LogP contribution in [0.4, 0.5) is 0 Å². The molecule has 1 saturated heterocycles. The molecule has 0 aromatic heterocycles. The Morgan fingerprint density at radius 2 is 1.94 bits per heavy atom. The lowest BCUT2D eigenvalue weighted by molar-refractivity contribution is -0.142. The van der Waals surface area contributed by atoms with Crippen molar-refractivity contribution < 1.29 is 9.59 Å². The molecule has 5 nitrogen and oxygen atoms in total. The van der Waals surface area contributed by atoms with Crippen molar-refractivity contribution >= 4 is 11.8 Å². The molecule has 1 aliphatic rings. The van der Waals surface area contributed by atoms with Crippen LogP contribution in [0.5, 0.6) is 0 Å². The van der Waals surface area contributed by atoms with Crippen molar-refractivity contribution in [3.8, 4) is 0 Å². The van der Waals surface area contributed by atoms with Gasteiger partial charge in [-0.2, -0.15) is 0 Å². The van der Waals surface area contributed by atoms with E-state index in [1.807, 2.05) is 13.8 Å². The fourth-order valence-corrected chi connectivity index (χ4v) is 1.91. The predicted molar refractivity (Wildman–Crippen MR) is 61.9 cm³/mol. The summed E-state index contributed by atoms with van der Waals surface area (Å²) >= 11 is 0. The molecule has 0 aliphatic carbocycles. The molecule has 5 heteroatoms. The van der Waals surface area contributed by atoms with E-state index in [4.69, 9.17) is 0 Å². The topological polar surface area (TPSA) is 61.4 Å². The number of nitrogens with one attached hydrogen (secondary N) is 2. The number of amides is 2. The molecule has 1 rings (SSSR count). The molecule has 0 radical (unpaired) electrons. The molecule has 1 unspecified atom stereocenters. The summed E-state index contributed by atoms with van der Waals surface area (Å²) in [6.45, 7) is 4.32. The van der Waals surface area contributed by atoms with Crippen LogP contribution in [0, 0.1) is 0 Å². The summed E-state index contributed by atoms with van der Waals surface area (Å²) in [5.74, 6) is -0.0844. The van der Waals surface area contributed by atoms with E-state index in [1.54, 1.807) is 19.0 Å². The van der Waals surface area contributed by atoms with Crippen LogP contribution in [0.15, 0.2) is 0 Å². The van der Waals surface area contributed by atoms with Crippen LogP contribution in [-0.4, -0.2) is 48.9 Å². The van der Waals surface area contributed by atoms with Crippen molar-refractivity contribution in [3.05, 3.63) is 0 Å². The number of hydrogen-bond donors (Lipinski definition) is 2. The summed E-state index contributed by atoms with van der Waals surface area (Å²) in [6.07, 6.45) is 1.65. The van der Waals surface area contributed by atoms with Gasteiger partial charge >= 0.3 is 0 Å². The molecule has 0 spiro atoms. The summed E-state index contributed by atoms with van der Waals surface area (Å²) in [7, 11) is 3.36. The molecule has 2 N–H and O–H groups in total. The smallest absolute Gasteiger partial charge is 0.242 e. The lowest BCUT2D eigenvalue weighted by Crippen LogP contribution is -2.56. The Hall–Kier alpha value is -1.10. The molecule has 0 aromatic carbocycles. The minimum Gasteiger partial charge on any atom is -0.357 e. The van der Waals surface area contributed by atoms with Crippen LogP contribution >= 0.6 is 0 Å². The van der Waals surface area contributed by atoms with Gasteiger partial charge in [-0.3, -0.25) is 9.59 Å². The number of likely N-dealkylation sites (tertiary alicyclic amines) is 1. The number of carbonyl (C=O) groups is 2. The summed E-state index contributed by atoms with van der Waals surface area (Å²) in [6, 6.07) is -0.301. The van der Waals surface area contributed by atoms with Gasteiger partial charge in [-0.25, -0.2) is 0 Å². The summed E-state index contributed by atoms with van der Waals surface area (Å²) < 4.78 is 0. The Labute approximate surface area is 96.6 Å². The first kappa shape index (κ1) is 13.0. The Balaban J connectivity index is 2.79. The van der Waals surface area contributed by atoms with Crippen molar-refractivity contribution in [3.63, 3.8) is 0 Å². The van der Waals surface area contributed by atoms with E-state index in [2.05, 4.69) is 10.6 Å². The van der Waals surface area contributed by atoms with E-state index in [0.29, 0.717) is 6.54 Å². The highest BCUT2D eigenvalue weighted by Gasteiger charge is 2.39. The average molecular weight is 227 g/mol. The number of rotatable bonds is 3. The summed E-state index contributed by atoms with van der Waals surface area (Å²) in [5.41, 5.74) is -0.614. The minimum absolute atomic E-state index is 0.0129. The fraction of sp³-hybridized carbons (Fsp3) is 0.818. The monoisotopic (exact) mass is 227 g/mol. The Bertz CT molecular complexity index is 289. The quantitative estimate of drug-likeness (QED) is 0.697. The van der Waals surface area contributed by atoms with E-state index >= 15 is 0 Å². The van der Waals surface area contributed by atoms with Gasteiger partial charge in [0.15, 0.2) is 0 Å². The second-order valence-corrected chi connectivity index (χ2v) is 4.65. The summed E-state index contributed by atoms with van der Waals surface area (Å²) in [5, 5.41) is 5.58. The third-order valence-corrected chi connectivity index (χ3v) is 3.22. The predicted octanol–water partition coefficient (Wildman–Crippen LogP) is -0.279. The molecular formula is C11H21N3O2. The zero-order chi connectivity index (χ0) is 12.3. The Morgan fingerprint density at radius 3 is 2.44 bits per heavy atom. The molecule has 0 aromatic rings. The maximum atomic E-state index is 12.2. The van der Waals surface area contributed by atoms with Crippen LogP contribution in [0.25, 0.3) is 0 Å². The van der Waals surface area contributed by atoms with Gasteiger partial charge < -0.3 is 15.5 Å². The normalized spacial score (nSPS) is 21.0. The van der Waals surface area contributed by atoms with Gasteiger partial charge in [0.1, 0.15) is 6.04 Å². The Kier molecular flexibility index (Phi) is 3.91. The lowest BCUT2D eigenvalue weighted by atomic mass is 10.0. The summed E-state index contributed by atoms with van der Waals surface area (Å²) in [4.78, 5) is 25.5. The van der Waals surface area contributed by atoms with Gasteiger partial charge in [0, 0.05) is 13.6 Å². The molecule has 0 bridgehead atoms. The van der Waals surface area contributed by atoms with Gasteiger partial charge in [-0.1, -0.05) is 0 Å². The van der Waals surface area contributed by atoms with E-state index < -0.39 is 5.54 Å². The molecule has 2 amide bonds. The maximum Gasteiger partial charge on any atom is 0.242 e. The Morgan fingerprint density at radius 1 is 1.31 bits per heavy atom. The maximum absolute atomic E-state index is 12.2. The van der Waals surface area contributed by atoms with Gasteiger partial charge in [-0.15, -0.1) is 0 Å². The van der Waals surface area contributed by atoms with Crippen molar-refractivity contribution in [1.29, 1.82) is 0 Å². The highest BCUT2D eigenvalue weighted by atomic mass is 16.2. The number of likely N-dealkylation sites (N-methyl/N-ethyl adjacent to an activating group) is 2. The van der Waals surface area contributed by atoms with Crippen molar-refractivity contribution in [2.24, 2.45) is 0 Å². The van der Waals surface area contributed by atoms with Gasteiger partial charge in [0.05, 0.1) is 5.54 Å². The van der Waals surface area contributed by atoms with Crippen molar-refractivity contribution in [2.75, 3.05) is 20.6 Å². The van der Waals surface area contributed by atoms with Crippen LogP contribution < -0.4 is 10.6 Å².